The van der Waals surface area contributed by atoms with Crippen molar-refractivity contribution in [2.24, 2.45) is 0 Å². The highest BCUT2D eigenvalue weighted by Crippen LogP contribution is 2.41. The minimum Gasteiger partial charge on any atom is -0.492 e. The van der Waals surface area contributed by atoms with Gasteiger partial charge in [0.05, 0.1) is 23.1 Å². The molecule has 0 N–H and O–H groups in total. The van der Waals surface area contributed by atoms with Crippen LogP contribution in [0.25, 0.3) is 0 Å². The minimum absolute atomic E-state index is 0.0557. The lowest BCUT2D eigenvalue weighted by molar-refractivity contribution is -0.387. The molecule has 2 aromatic rings. The second-order valence-electron chi connectivity index (χ2n) is 4.80. The van der Waals surface area contributed by atoms with Crippen molar-refractivity contribution in [3.8, 4) is 11.5 Å². The third kappa shape index (κ3) is 5.64. The first-order valence-corrected chi connectivity index (χ1v) is 8.41. The van der Waals surface area contributed by atoms with Crippen molar-refractivity contribution in [2.45, 2.75) is 13.8 Å². The third-order valence-electron chi connectivity index (χ3n) is 3.04. The van der Waals surface area contributed by atoms with Gasteiger partial charge in [0.2, 0.25) is 11.6 Å². The van der Waals surface area contributed by atoms with Gasteiger partial charge in [0, 0.05) is 12.1 Å². The largest absolute Gasteiger partial charge is 0.492 e. The zero-order valence-corrected chi connectivity index (χ0v) is 16.1. The van der Waals surface area contributed by atoms with Gasteiger partial charge in [-0.2, -0.15) is 4.39 Å². The van der Waals surface area contributed by atoms with Crippen LogP contribution in [0.2, 0.25) is 10.0 Å². The topological polar surface area (TPSA) is 105 Å². The highest BCUT2D eigenvalue weighted by atomic mass is 35.5. The highest BCUT2D eigenvalue weighted by Gasteiger charge is 2.22. The molecular weight excluding hydrogens is 425 g/mol. The van der Waals surface area contributed by atoms with Gasteiger partial charge in [-0.25, -0.2) is 4.39 Å². The maximum absolute atomic E-state index is 12.7. The SMILES string of the molecule is CCOc1ccc([N+](=O)[O-])c(OCC)c1Cl.O=[N+]([O-])c1ccc(F)c(Cl)c1F. The molecule has 0 amide bonds. The summed E-state index contributed by atoms with van der Waals surface area (Å²) in [6.45, 7) is 4.27. The monoisotopic (exact) mass is 438 g/mol. The van der Waals surface area contributed by atoms with Crippen LogP contribution < -0.4 is 9.47 Å². The van der Waals surface area contributed by atoms with E-state index in [1.165, 1.54) is 12.1 Å². The molecule has 0 unspecified atom stereocenters. The van der Waals surface area contributed by atoms with E-state index in [0.717, 1.165) is 12.1 Å². The average Bonchev–Trinajstić information content (AvgIpc) is 2.63. The molecule has 0 aliphatic carbocycles. The highest BCUT2D eigenvalue weighted by molar-refractivity contribution is 6.34. The van der Waals surface area contributed by atoms with Crippen molar-refractivity contribution >= 4 is 34.6 Å². The van der Waals surface area contributed by atoms with Gasteiger partial charge in [-0.3, -0.25) is 20.2 Å². The standard InChI is InChI=1S/C10H12ClNO4.C6H2ClF2NO2/c1-3-15-8-6-5-7(12(13)14)10(9(8)11)16-4-2;7-5-3(8)1-2-4(6(5)9)10(11)12/h5-6H,3-4H2,1-2H3;1-2H. The fourth-order valence-corrected chi connectivity index (χ4v) is 2.31. The van der Waals surface area contributed by atoms with Crippen LogP contribution in [0.3, 0.4) is 0 Å². The van der Waals surface area contributed by atoms with E-state index in [0.29, 0.717) is 19.0 Å². The first-order valence-electron chi connectivity index (χ1n) is 7.65. The van der Waals surface area contributed by atoms with Crippen LogP contribution in [0.15, 0.2) is 24.3 Å². The Hall–Kier alpha value is -2.72. The van der Waals surface area contributed by atoms with E-state index >= 15 is 0 Å². The molecule has 0 fully saturated rings. The maximum atomic E-state index is 12.7. The molecule has 0 heterocycles. The molecule has 2 aromatic carbocycles. The summed E-state index contributed by atoms with van der Waals surface area (Å²) in [6, 6.07) is 4.24. The quantitative estimate of drug-likeness (QED) is 0.331. The number of hydrogen-bond acceptors (Lipinski definition) is 6. The normalized spacial score (nSPS) is 9.93. The van der Waals surface area contributed by atoms with Crippen LogP contribution >= 0.6 is 23.2 Å². The maximum Gasteiger partial charge on any atom is 0.312 e. The number of rotatable bonds is 6. The van der Waals surface area contributed by atoms with Crippen LogP contribution in [0.4, 0.5) is 20.2 Å². The Bertz CT molecular complexity index is 883. The second kappa shape index (κ2) is 10.6. The van der Waals surface area contributed by atoms with E-state index in [1.807, 2.05) is 0 Å². The molecular formula is C16H14Cl2F2N2O6. The number of ether oxygens (including phenoxy) is 2. The zero-order valence-electron chi connectivity index (χ0n) is 14.6. The van der Waals surface area contributed by atoms with Crippen molar-refractivity contribution in [1.82, 2.24) is 0 Å². The van der Waals surface area contributed by atoms with Crippen molar-refractivity contribution in [3.63, 3.8) is 0 Å². The number of benzene rings is 2. The van der Waals surface area contributed by atoms with Crippen molar-refractivity contribution in [2.75, 3.05) is 13.2 Å². The summed E-state index contributed by atoms with van der Waals surface area (Å²) in [5, 5.41) is 20.1. The lowest BCUT2D eigenvalue weighted by Crippen LogP contribution is -2.00. The van der Waals surface area contributed by atoms with E-state index in [2.05, 4.69) is 0 Å². The van der Waals surface area contributed by atoms with Gasteiger partial charge < -0.3 is 9.47 Å². The van der Waals surface area contributed by atoms with Gasteiger partial charge in [0.15, 0.2) is 0 Å². The Labute approximate surface area is 167 Å². The van der Waals surface area contributed by atoms with E-state index < -0.39 is 32.2 Å². The molecule has 0 saturated carbocycles. The van der Waals surface area contributed by atoms with Crippen LogP contribution in [-0.2, 0) is 0 Å². The predicted molar refractivity (Wildman–Crippen MR) is 98.5 cm³/mol. The number of nitro benzene ring substituents is 2. The average molecular weight is 439 g/mol. The van der Waals surface area contributed by atoms with Gasteiger partial charge in [-0.05, 0) is 26.0 Å². The van der Waals surface area contributed by atoms with Gasteiger partial charge in [-0.1, -0.05) is 23.2 Å². The molecule has 28 heavy (non-hydrogen) atoms. The summed E-state index contributed by atoms with van der Waals surface area (Å²) < 4.78 is 35.5. The van der Waals surface area contributed by atoms with Crippen LogP contribution in [0.1, 0.15) is 13.8 Å². The molecule has 2 rings (SSSR count). The molecule has 0 aromatic heterocycles. The van der Waals surface area contributed by atoms with E-state index in [-0.39, 0.29) is 16.5 Å². The summed E-state index contributed by atoms with van der Waals surface area (Å²) in [6.07, 6.45) is 0. The zero-order chi connectivity index (χ0) is 21.4. The molecule has 0 saturated heterocycles. The van der Waals surface area contributed by atoms with E-state index in [4.69, 9.17) is 32.7 Å². The molecule has 12 heteroatoms. The lowest BCUT2D eigenvalue weighted by Gasteiger charge is -2.10. The van der Waals surface area contributed by atoms with Gasteiger partial charge >= 0.3 is 11.4 Å². The fourth-order valence-electron chi connectivity index (χ4n) is 1.88. The van der Waals surface area contributed by atoms with Crippen molar-refractivity contribution in [1.29, 1.82) is 0 Å². The van der Waals surface area contributed by atoms with Gasteiger partial charge in [-0.15, -0.1) is 0 Å². The Kier molecular flexibility index (Phi) is 8.80. The first-order chi connectivity index (χ1) is 13.1. The molecule has 152 valence electrons. The van der Waals surface area contributed by atoms with Crippen molar-refractivity contribution < 1.29 is 28.1 Å². The van der Waals surface area contributed by atoms with Crippen LogP contribution in [0.5, 0.6) is 11.5 Å². The van der Waals surface area contributed by atoms with E-state index in [1.54, 1.807) is 13.8 Å². The number of nitro groups is 2. The second-order valence-corrected chi connectivity index (χ2v) is 5.56. The molecule has 0 aliphatic heterocycles. The minimum atomic E-state index is -1.35. The predicted octanol–water partition coefficient (Wildman–Crippen LogP) is 5.57. The summed E-state index contributed by atoms with van der Waals surface area (Å²) in [5.41, 5.74) is -0.989. The third-order valence-corrected chi connectivity index (χ3v) is 3.74. The Morgan fingerprint density at radius 2 is 1.43 bits per heavy atom. The molecule has 0 spiro atoms. The summed E-state index contributed by atoms with van der Waals surface area (Å²) >= 11 is 11.0. The molecule has 0 atom stereocenters. The molecule has 0 aliphatic rings. The van der Waals surface area contributed by atoms with Crippen LogP contribution in [-0.4, -0.2) is 23.1 Å². The Morgan fingerprint density at radius 1 is 0.893 bits per heavy atom. The smallest absolute Gasteiger partial charge is 0.312 e. The Morgan fingerprint density at radius 3 is 1.93 bits per heavy atom. The molecule has 0 bridgehead atoms. The number of halogens is 4. The summed E-state index contributed by atoms with van der Waals surface area (Å²) in [5.74, 6) is -1.92. The molecule has 0 radical (unpaired) electrons. The number of nitrogens with zero attached hydrogens (tertiary/aromatic N) is 2. The fraction of sp³-hybridized carbons (Fsp3) is 0.250. The first kappa shape index (κ1) is 23.3. The lowest BCUT2D eigenvalue weighted by atomic mass is 10.2. The number of hydrogen-bond donors (Lipinski definition) is 0. The van der Waals surface area contributed by atoms with Crippen molar-refractivity contribution in [3.05, 3.63) is 66.2 Å². The van der Waals surface area contributed by atoms with Crippen LogP contribution in [0, 0.1) is 31.9 Å². The molecule has 8 nitrogen and oxygen atoms in total. The Balaban J connectivity index is 0.000000292. The summed E-state index contributed by atoms with van der Waals surface area (Å²) in [4.78, 5) is 19.3. The van der Waals surface area contributed by atoms with Gasteiger partial charge in [0.1, 0.15) is 21.6 Å². The summed E-state index contributed by atoms with van der Waals surface area (Å²) in [7, 11) is 0. The van der Waals surface area contributed by atoms with E-state index in [9.17, 15) is 29.0 Å². The van der Waals surface area contributed by atoms with Gasteiger partial charge in [0.25, 0.3) is 0 Å².